The molecular formula is C15H16ClN5. The fourth-order valence-electron chi connectivity index (χ4n) is 2.97. The quantitative estimate of drug-likeness (QED) is 0.791. The van der Waals surface area contributed by atoms with Crippen LogP contribution in [-0.4, -0.2) is 37.5 Å². The van der Waals surface area contributed by atoms with Crippen molar-refractivity contribution in [2.45, 2.75) is 19.5 Å². The van der Waals surface area contributed by atoms with E-state index in [-0.39, 0.29) is 0 Å². The minimum Gasteiger partial charge on any atom is -0.347 e. The highest BCUT2D eigenvalue weighted by molar-refractivity contribution is 6.31. The second-order valence-corrected chi connectivity index (χ2v) is 5.85. The third-order valence-corrected chi connectivity index (χ3v) is 4.26. The molecule has 0 saturated carbocycles. The largest absolute Gasteiger partial charge is 0.347 e. The summed E-state index contributed by atoms with van der Waals surface area (Å²) in [4.78, 5) is 14.4. The SMILES string of the molecule is Clc1ccc2c(c1)nc1n2CCN(Cc2cnc[nH]2)CC1. The molecule has 0 aliphatic carbocycles. The number of benzene rings is 1. The van der Waals surface area contributed by atoms with Gasteiger partial charge in [-0.25, -0.2) is 9.97 Å². The van der Waals surface area contributed by atoms with Crippen LogP contribution in [0, 0.1) is 0 Å². The number of hydrogen-bond acceptors (Lipinski definition) is 3. The lowest BCUT2D eigenvalue weighted by molar-refractivity contribution is 0.269. The van der Waals surface area contributed by atoms with E-state index in [1.165, 1.54) is 5.52 Å². The van der Waals surface area contributed by atoms with Crippen molar-refractivity contribution < 1.29 is 0 Å². The predicted molar refractivity (Wildman–Crippen MR) is 82.3 cm³/mol. The van der Waals surface area contributed by atoms with Crippen LogP contribution in [0.3, 0.4) is 0 Å². The van der Waals surface area contributed by atoms with Gasteiger partial charge in [-0.15, -0.1) is 0 Å². The summed E-state index contributed by atoms with van der Waals surface area (Å²) in [7, 11) is 0. The average Bonchev–Trinajstić information content (AvgIpc) is 3.04. The van der Waals surface area contributed by atoms with Crippen LogP contribution in [0.15, 0.2) is 30.7 Å². The smallest absolute Gasteiger partial charge is 0.111 e. The summed E-state index contributed by atoms with van der Waals surface area (Å²) in [5.41, 5.74) is 3.34. The highest BCUT2D eigenvalue weighted by Gasteiger charge is 2.18. The number of imidazole rings is 2. The Balaban J connectivity index is 1.58. The predicted octanol–water partition coefficient (Wildman–Crippen LogP) is 2.47. The average molecular weight is 302 g/mol. The molecule has 3 heterocycles. The van der Waals surface area contributed by atoms with Crippen LogP contribution in [0.1, 0.15) is 11.5 Å². The molecule has 6 heteroatoms. The van der Waals surface area contributed by atoms with E-state index in [4.69, 9.17) is 16.6 Å². The number of halogens is 1. The van der Waals surface area contributed by atoms with Gasteiger partial charge in [0.1, 0.15) is 5.82 Å². The Kier molecular flexibility index (Phi) is 3.16. The molecule has 0 radical (unpaired) electrons. The van der Waals surface area contributed by atoms with E-state index < -0.39 is 0 Å². The normalized spacial score (nSPS) is 16.0. The molecule has 5 nitrogen and oxygen atoms in total. The van der Waals surface area contributed by atoms with Gasteiger partial charge in [0, 0.05) is 49.5 Å². The van der Waals surface area contributed by atoms with E-state index in [1.54, 1.807) is 6.33 Å². The Morgan fingerprint density at radius 2 is 2.19 bits per heavy atom. The van der Waals surface area contributed by atoms with Gasteiger partial charge in [0.05, 0.1) is 17.4 Å². The monoisotopic (exact) mass is 301 g/mol. The molecule has 1 aliphatic heterocycles. The molecule has 108 valence electrons. The zero-order valence-corrected chi connectivity index (χ0v) is 12.3. The lowest BCUT2D eigenvalue weighted by atomic mass is 10.3. The lowest BCUT2D eigenvalue weighted by Gasteiger charge is -2.18. The fourth-order valence-corrected chi connectivity index (χ4v) is 3.14. The first-order valence-electron chi connectivity index (χ1n) is 7.14. The van der Waals surface area contributed by atoms with Crippen LogP contribution in [-0.2, 0) is 19.5 Å². The van der Waals surface area contributed by atoms with Crippen LogP contribution in [0.4, 0.5) is 0 Å². The van der Waals surface area contributed by atoms with E-state index in [2.05, 4.69) is 25.5 Å². The van der Waals surface area contributed by atoms with Gasteiger partial charge in [0.25, 0.3) is 0 Å². The molecular weight excluding hydrogens is 286 g/mol. The molecule has 1 N–H and O–H groups in total. The first kappa shape index (κ1) is 12.9. The number of fused-ring (bicyclic) bond motifs is 3. The molecule has 0 bridgehead atoms. The Morgan fingerprint density at radius 1 is 1.24 bits per heavy atom. The minimum atomic E-state index is 0.747. The zero-order valence-electron chi connectivity index (χ0n) is 11.6. The molecule has 3 aromatic rings. The maximum Gasteiger partial charge on any atom is 0.111 e. The first-order valence-corrected chi connectivity index (χ1v) is 7.52. The van der Waals surface area contributed by atoms with E-state index in [0.29, 0.717) is 0 Å². The van der Waals surface area contributed by atoms with Crippen LogP contribution in [0.2, 0.25) is 5.02 Å². The first-order chi connectivity index (χ1) is 10.3. The Labute approximate surface area is 127 Å². The maximum absolute atomic E-state index is 6.05. The van der Waals surface area contributed by atoms with Crippen molar-refractivity contribution in [3.05, 3.63) is 47.3 Å². The summed E-state index contributed by atoms with van der Waals surface area (Å²) in [6.45, 7) is 3.90. The Hall–Kier alpha value is -1.85. The van der Waals surface area contributed by atoms with Crippen LogP contribution in [0.25, 0.3) is 11.0 Å². The second-order valence-electron chi connectivity index (χ2n) is 5.42. The van der Waals surface area contributed by atoms with Crippen molar-refractivity contribution >= 4 is 22.6 Å². The van der Waals surface area contributed by atoms with Crippen molar-refractivity contribution in [1.29, 1.82) is 0 Å². The van der Waals surface area contributed by atoms with Gasteiger partial charge in [-0.1, -0.05) is 11.6 Å². The van der Waals surface area contributed by atoms with E-state index in [1.807, 2.05) is 18.3 Å². The zero-order chi connectivity index (χ0) is 14.2. The van der Waals surface area contributed by atoms with Gasteiger partial charge in [-0.05, 0) is 18.2 Å². The molecule has 0 amide bonds. The van der Waals surface area contributed by atoms with Crippen LogP contribution < -0.4 is 0 Å². The summed E-state index contributed by atoms with van der Waals surface area (Å²) >= 11 is 6.05. The molecule has 0 saturated heterocycles. The van der Waals surface area contributed by atoms with Gasteiger partial charge in [-0.2, -0.15) is 0 Å². The molecule has 0 fully saturated rings. The molecule has 0 spiro atoms. The number of nitrogens with zero attached hydrogens (tertiary/aromatic N) is 4. The van der Waals surface area contributed by atoms with Crippen molar-refractivity contribution in [3.63, 3.8) is 0 Å². The Bertz CT molecular complexity index is 762. The highest BCUT2D eigenvalue weighted by Crippen LogP contribution is 2.22. The molecule has 21 heavy (non-hydrogen) atoms. The van der Waals surface area contributed by atoms with E-state index in [9.17, 15) is 0 Å². The van der Waals surface area contributed by atoms with Gasteiger partial charge in [0.2, 0.25) is 0 Å². The van der Waals surface area contributed by atoms with Gasteiger partial charge >= 0.3 is 0 Å². The van der Waals surface area contributed by atoms with Gasteiger partial charge in [0.15, 0.2) is 0 Å². The maximum atomic E-state index is 6.05. The fraction of sp³-hybridized carbons (Fsp3) is 0.333. The summed E-state index contributed by atoms with van der Waals surface area (Å²) in [6.07, 6.45) is 4.58. The number of aromatic amines is 1. The summed E-state index contributed by atoms with van der Waals surface area (Å²) in [6, 6.07) is 5.95. The summed E-state index contributed by atoms with van der Waals surface area (Å²) in [5, 5.41) is 0.747. The van der Waals surface area contributed by atoms with E-state index in [0.717, 1.165) is 54.7 Å². The molecule has 0 unspecified atom stereocenters. The third kappa shape index (κ3) is 2.43. The molecule has 0 atom stereocenters. The van der Waals surface area contributed by atoms with Crippen LogP contribution in [0.5, 0.6) is 0 Å². The molecule has 1 aromatic carbocycles. The van der Waals surface area contributed by atoms with Gasteiger partial charge in [-0.3, -0.25) is 4.90 Å². The topological polar surface area (TPSA) is 49.7 Å². The van der Waals surface area contributed by atoms with Gasteiger partial charge < -0.3 is 9.55 Å². The molecule has 1 aliphatic rings. The number of H-pyrrole nitrogens is 1. The minimum absolute atomic E-state index is 0.747. The van der Waals surface area contributed by atoms with Crippen molar-refractivity contribution in [1.82, 2.24) is 24.4 Å². The number of rotatable bonds is 2. The van der Waals surface area contributed by atoms with Crippen molar-refractivity contribution in [3.8, 4) is 0 Å². The summed E-state index contributed by atoms with van der Waals surface area (Å²) < 4.78 is 2.32. The standard InChI is InChI=1S/C15H16ClN5/c16-11-1-2-14-13(7-11)19-15-3-4-20(5-6-21(14)15)9-12-8-17-10-18-12/h1-2,7-8,10H,3-6,9H2,(H,17,18). The third-order valence-electron chi connectivity index (χ3n) is 4.03. The number of aromatic nitrogens is 4. The van der Waals surface area contributed by atoms with Crippen molar-refractivity contribution in [2.75, 3.05) is 13.1 Å². The molecule has 2 aromatic heterocycles. The molecule has 4 rings (SSSR count). The Morgan fingerprint density at radius 3 is 3.05 bits per heavy atom. The van der Waals surface area contributed by atoms with Crippen LogP contribution >= 0.6 is 11.6 Å². The van der Waals surface area contributed by atoms with Crippen molar-refractivity contribution in [2.24, 2.45) is 0 Å². The summed E-state index contributed by atoms with van der Waals surface area (Å²) in [5.74, 6) is 1.15. The number of hydrogen-bond donors (Lipinski definition) is 1. The van der Waals surface area contributed by atoms with E-state index >= 15 is 0 Å². The second kappa shape index (κ2) is 5.16. The number of nitrogens with one attached hydrogen (secondary N) is 1. The lowest BCUT2D eigenvalue weighted by Crippen LogP contribution is -2.26. The highest BCUT2D eigenvalue weighted by atomic mass is 35.5.